The second-order valence-corrected chi connectivity index (χ2v) is 5.86. The van der Waals surface area contributed by atoms with E-state index in [0.717, 1.165) is 23.9 Å². The highest BCUT2D eigenvalue weighted by Crippen LogP contribution is 2.48. The van der Waals surface area contributed by atoms with Crippen LogP contribution in [0.5, 0.6) is 0 Å². The van der Waals surface area contributed by atoms with Crippen LogP contribution in [-0.2, 0) is 7.05 Å². The molecule has 2 bridgehead atoms. The van der Waals surface area contributed by atoms with Gasteiger partial charge in [0.05, 0.1) is 0 Å². The van der Waals surface area contributed by atoms with Crippen molar-refractivity contribution in [3.8, 4) is 0 Å². The SMILES string of the molecule is Cn1nc(C(=O)NC2C3CCC(C3)C2CO)ccc1=O. The number of aliphatic hydroxyl groups excluding tert-OH is 1. The van der Waals surface area contributed by atoms with Crippen molar-refractivity contribution in [1.82, 2.24) is 15.1 Å². The van der Waals surface area contributed by atoms with E-state index in [1.807, 2.05) is 0 Å². The van der Waals surface area contributed by atoms with Gasteiger partial charge in [0.25, 0.3) is 11.5 Å². The van der Waals surface area contributed by atoms with E-state index in [-0.39, 0.29) is 35.7 Å². The third-order valence-corrected chi connectivity index (χ3v) is 4.79. The van der Waals surface area contributed by atoms with Crippen molar-refractivity contribution in [3.63, 3.8) is 0 Å². The first-order chi connectivity index (χ1) is 9.60. The zero-order chi connectivity index (χ0) is 14.3. The van der Waals surface area contributed by atoms with E-state index < -0.39 is 0 Å². The second kappa shape index (κ2) is 5.01. The number of aryl methyl sites for hydroxylation is 1. The summed E-state index contributed by atoms with van der Waals surface area (Å²) in [4.78, 5) is 23.5. The largest absolute Gasteiger partial charge is 0.396 e. The molecular weight excluding hydrogens is 258 g/mol. The second-order valence-electron chi connectivity index (χ2n) is 5.86. The average Bonchev–Trinajstić information content (AvgIpc) is 3.02. The van der Waals surface area contributed by atoms with Gasteiger partial charge in [-0.15, -0.1) is 0 Å². The van der Waals surface area contributed by atoms with Crippen molar-refractivity contribution in [2.45, 2.75) is 25.3 Å². The molecule has 1 heterocycles. The quantitative estimate of drug-likeness (QED) is 0.809. The van der Waals surface area contributed by atoms with Crippen LogP contribution in [0.25, 0.3) is 0 Å². The average molecular weight is 277 g/mol. The lowest BCUT2D eigenvalue weighted by atomic mass is 9.85. The first-order valence-corrected chi connectivity index (χ1v) is 7.06. The Morgan fingerprint density at radius 1 is 1.45 bits per heavy atom. The molecular formula is C14H19N3O3. The number of hydrogen-bond donors (Lipinski definition) is 2. The molecule has 1 amide bonds. The van der Waals surface area contributed by atoms with Gasteiger partial charge in [0.15, 0.2) is 0 Å². The zero-order valence-electron chi connectivity index (χ0n) is 11.5. The Morgan fingerprint density at radius 2 is 2.20 bits per heavy atom. The summed E-state index contributed by atoms with van der Waals surface area (Å²) in [6, 6.07) is 2.82. The van der Waals surface area contributed by atoms with Crippen molar-refractivity contribution in [2.24, 2.45) is 24.8 Å². The number of aliphatic hydroxyl groups is 1. The number of aromatic nitrogens is 2. The van der Waals surface area contributed by atoms with Crippen LogP contribution in [0.1, 0.15) is 29.8 Å². The van der Waals surface area contributed by atoms with Crippen LogP contribution >= 0.6 is 0 Å². The molecule has 0 radical (unpaired) electrons. The molecule has 0 spiro atoms. The van der Waals surface area contributed by atoms with Crippen LogP contribution in [0.2, 0.25) is 0 Å². The van der Waals surface area contributed by atoms with E-state index in [9.17, 15) is 14.7 Å². The van der Waals surface area contributed by atoms with E-state index >= 15 is 0 Å². The highest BCUT2D eigenvalue weighted by Gasteiger charge is 2.47. The summed E-state index contributed by atoms with van der Waals surface area (Å²) < 4.78 is 1.15. The molecule has 6 nitrogen and oxygen atoms in total. The monoisotopic (exact) mass is 277 g/mol. The predicted octanol–water partition coefficient (Wildman–Crippen LogP) is -0.0829. The fourth-order valence-corrected chi connectivity index (χ4v) is 3.75. The van der Waals surface area contributed by atoms with Gasteiger partial charge in [-0.05, 0) is 37.2 Å². The van der Waals surface area contributed by atoms with E-state index in [1.165, 1.54) is 19.2 Å². The minimum Gasteiger partial charge on any atom is -0.396 e. The summed E-state index contributed by atoms with van der Waals surface area (Å²) in [5.74, 6) is 0.888. The normalized spacial score (nSPS) is 31.5. The number of nitrogens with one attached hydrogen (secondary N) is 1. The van der Waals surface area contributed by atoms with E-state index in [4.69, 9.17) is 0 Å². The maximum absolute atomic E-state index is 12.2. The highest BCUT2D eigenvalue weighted by atomic mass is 16.3. The van der Waals surface area contributed by atoms with Crippen molar-refractivity contribution >= 4 is 5.91 Å². The molecule has 20 heavy (non-hydrogen) atoms. The number of carbonyl (C=O) groups is 1. The first kappa shape index (κ1) is 13.3. The molecule has 0 aliphatic heterocycles. The smallest absolute Gasteiger partial charge is 0.271 e. The van der Waals surface area contributed by atoms with Gasteiger partial charge in [-0.1, -0.05) is 0 Å². The number of amides is 1. The number of fused-ring (bicyclic) bond motifs is 2. The Labute approximate surface area is 116 Å². The van der Waals surface area contributed by atoms with Crippen LogP contribution in [-0.4, -0.2) is 33.4 Å². The topological polar surface area (TPSA) is 84.2 Å². The maximum atomic E-state index is 12.2. The molecule has 1 aromatic heterocycles. The van der Waals surface area contributed by atoms with Crippen LogP contribution in [0.15, 0.2) is 16.9 Å². The minimum absolute atomic E-state index is 0.0327. The molecule has 4 atom stereocenters. The molecule has 2 saturated carbocycles. The summed E-state index contributed by atoms with van der Waals surface area (Å²) in [5, 5.41) is 16.5. The van der Waals surface area contributed by atoms with Gasteiger partial charge in [-0.25, -0.2) is 4.68 Å². The number of hydrogen-bond acceptors (Lipinski definition) is 4. The minimum atomic E-state index is -0.267. The zero-order valence-corrected chi connectivity index (χ0v) is 11.5. The third kappa shape index (κ3) is 2.14. The molecule has 0 aromatic carbocycles. The predicted molar refractivity (Wildman–Crippen MR) is 72.1 cm³/mol. The molecule has 2 N–H and O–H groups in total. The van der Waals surface area contributed by atoms with Crippen molar-refractivity contribution in [1.29, 1.82) is 0 Å². The summed E-state index contributed by atoms with van der Waals surface area (Å²) in [7, 11) is 1.52. The Balaban J connectivity index is 1.75. The van der Waals surface area contributed by atoms with Crippen LogP contribution < -0.4 is 10.9 Å². The Bertz CT molecular complexity index is 583. The van der Waals surface area contributed by atoms with E-state index in [1.54, 1.807) is 0 Å². The summed E-state index contributed by atoms with van der Waals surface area (Å²) >= 11 is 0. The van der Waals surface area contributed by atoms with Gasteiger partial charge < -0.3 is 10.4 Å². The van der Waals surface area contributed by atoms with Gasteiger partial charge in [0, 0.05) is 31.7 Å². The van der Waals surface area contributed by atoms with Crippen LogP contribution in [0, 0.1) is 17.8 Å². The lowest BCUT2D eigenvalue weighted by Crippen LogP contribution is -2.45. The molecule has 2 aliphatic carbocycles. The number of carbonyl (C=O) groups excluding carboxylic acids is 1. The highest BCUT2D eigenvalue weighted by molar-refractivity contribution is 5.92. The molecule has 2 fully saturated rings. The molecule has 2 aliphatic rings. The number of nitrogens with zero attached hydrogens (tertiary/aromatic N) is 2. The summed E-state index contributed by atoms with van der Waals surface area (Å²) in [6.45, 7) is 0.118. The third-order valence-electron chi connectivity index (χ3n) is 4.79. The molecule has 0 saturated heterocycles. The number of rotatable bonds is 3. The van der Waals surface area contributed by atoms with Gasteiger partial charge in [0.1, 0.15) is 5.69 Å². The Morgan fingerprint density at radius 3 is 2.90 bits per heavy atom. The molecule has 4 unspecified atom stereocenters. The van der Waals surface area contributed by atoms with Gasteiger partial charge in [-0.3, -0.25) is 9.59 Å². The summed E-state index contributed by atoms with van der Waals surface area (Å²) in [5.41, 5.74) is 0.00118. The summed E-state index contributed by atoms with van der Waals surface area (Å²) in [6.07, 6.45) is 3.37. The van der Waals surface area contributed by atoms with Crippen molar-refractivity contribution in [3.05, 3.63) is 28.2 Å². The lowest BCUT2D eigenvalue weighted by molar-refractivity contribution is 0.0854. The Kier molecular flexibility index (Phi) is 3.33. The lowest BCUT2D eigenvalue weighted by Gasteiger charge is -2.30. The van der Waals surface area contributed by atoms with Crippen LogP contribution in [0.3, 0.4) is 0 Å². The van der Waals surface area contributed by atoms with E-state index in [2.05, 4.69) is 10.4 Å². The molecule has 108 valence electrons. The standard InChI is InChI=1S/C14H19N3O3/c1-17-12(19)5-4-11(16-17)14(20)15-13-9-3-2-8(6-9)10(13)7-18/h4-5,8-10,13,18H,2-3,6-7H2,1H3,(H,15,20). The van der Waals surface area contributed by atoms with Gasteiger partial charge in [-0.2, -0.15) is 5.10 Å². The fraction of sp³-hybridized carbons (Fsp3) is 0.643. The molecule has 6 heteroatoms. The maximum Gasteiger partial charge on any atom is 0.271 e. The Hall–Kier alpha value is -1.69. The van der Waals surface area contributed by atoms with Gasteiger partial charge >= 0.3 is 0 Å². The molecule has 3 rings (SSSR count). The van der Waals surface area contributed by atoms with Crippen molar-refractivity contribution in [2.75, 3.05) is 6.61 Å². The van der Waals surface area contributed by atoms with E-state index in [0.29, 0.717) is 11.8 Å². The fourth-order valence-electron chi connectivity index (χ4n) is 3.75. The van der Waals surface area contributed by atoms with Crippen LogP contribution in [0.4, 0.5) is 0 Å². The van der Waals surface area contributed by atoms with Gasteiger partial charge in [0.2, 0.25) is 0 Å². The molecule has 1 aromatic rings. The van der Waals surface area contributed by atoms with Crippen molar-refractivity contribution < 1.29 is 9.90 Å². The first-order valence-electron chi connectivity index (χ1n) is 7.06.